The molecule has 2 atom stereocenters. The van der Waals surface area contributed by atoms with Gasteiger partial charge < -0.3 is 10.2 Å². The summed E-state index contributed by atoms with van der Waals surface area (Å²) in [5, 5.41) is 14.5. The highest BCUT2D eigenvalue weighted by Gasteiger charge is 2.36. The van der Waals surface area contributed by atoms with E-state index in [1.165, 1.54) is 0 Å². The van der Waals surface area contributed by atoms with E-state index in [0.717, 1.165) is 35.4 Å². The first-order chi connectivity index (χ1) is 9.47. The maximum Gasteiger partial charge on any atom is 0.290 e. The van der Waals surface area contributed by atoms with E-state index in [1.54, 1.807) is 12.1 Å². The number of nitro groups is 1. The van der Waals surface area contributed by atoms with Crippen LogP contribution in [0.1, 0.15) is 6.42 Å². The van der Waals surface area contributed by atoms with Crippen molar-refractivity contribution in [3.05, 3.63) is 51.3 Å². The Kier molecular flexibility index (Phi) is 4.69. The number of benzene rings is 1. The minimum absolute atomic E-state index is 0.0916. The van der Waals surface area contributed by atoms with Gasteiger partial charge in [0.2, 0.25) is 0 Å². The fourth-order valence-electron chi connectivity index (χ4n) is 2.31. The van der Waals surface area contributed by atoms with Gasteiger partial charge in [0.05, 0.1) is 29.4 Å². The van der Waals surface area contributed by atoms with Crippen LogP contribution in [0.2, 0.25) is 5.02 Å². The Morgan fingerprint density at radius 1 is 1.55 bits per heavy atom. The molecule has 106 valence electrons. The van der Waals surface area contributed by atoms with Crippen molar-refractivity contribution >= 4 is 34.5 Å². The third kappa shape index (κ3) is 3.53. The fourth-order valence-corrected chi connectivity index (χ4v) is 2.80. The van der Waals surface area contributed by atoms with E-state index < -0.39 is 4.92 Å². The highest BCUT2D eigenvalue weighted by Crippen LogP contribution is 2.20. The number of nitrogens with one attached hydrogen (secondary N) is 2. The zero-order valence-electron chi connectivity index (χ0n) is 10.9. The Morgan fingerprint density at radius 3 is 2.80 bits per heavy atom. The molecule has 0 bridgehead atoms. The molecule has 0 aliphatic carbocycles. The van der Waals surface area contributed by atoms with Crippen LogP contribution >= 0.6 is 23.8 Å². The van der Waals surface area contributed by atoms with E-state index in [-0.39, 0.29) is 5.92 Å². The molecule has 0 saturated carbocycles. The molecule has 0 amide bonds. The Hall–Kier alpha value is -1.50. The van der Waals surface area contributed by atoms with Crippen LogP contribution < -0.4 is 10.2 Å². The van der Waals surface area contributed by atoms with Crippen LogP contribution in [0.3, 0.4) is 0 Å². The van der Waals surface area contributed by atoms with Gasteiger partial charge in [-0.1, -0.05) is 23.8 Å². The second kappa shape index (κ2) is 6.30. The molecular weight excluding hydrogens is 298 g/mol. The molecule has 2 N–H and O–H groups in total. The van der Waals surface area contributed by atoms with Gasteiger partial charge in [-0.2, -0.15) is 0 Å². The van der Waals surface area contributed by atoms with Crippen molar-refractivity contribution in [2.75, 3.05) is 18.9 Å². The number of hydrogen-bond donors (Lipinski definition) is 2. The maximum absolute atomic E-state index is 10.7. The molecule has 1 saturated heterocycles. The number of halogens is 1. The summed E-state index contributed by atoms with van der Waals surface area (Å²) in [4.78, 5) is 11.9. The van der Waals surface area contributed by atoms with Crippen molar-refractivity contribution in [2.24, 2.45) is 5.92 Å². The second-order valence-electron chi connectivity index (χ2n) is 4.74. The minimum atomic E-state index is -0.415. The van der Waals surface area contributed by atoms with Crippen LogP contribution in [0.4, 0.5) is 5.69 Å². The lowest BCUT2D eigenvalue weighted by Gasteiger charge is -2.13. The van der Waals surface area contributed by atoms with Crippen LogP contribution in [0.5, 0.6) is 0 Å². The van der Waals surface area contributed by atoms with E-state index in [9.17, 15) is 10.1 Å². The molecular formula is C13H15ClN3O2S+. The van der Waals surface area contributed by atoms with Crippen LogP contribution in [-0.2, 0) is 0 Å². The lowest BCUT2D eigenvalue weighted by molar-refractivity contribution is -0.831. The third-order valence-corrected chi connectivity index (χ3v) is 3.99. The van der Waals surface area contributed by atoms with Crippen molar-refractivity contribution in [3.8, 4) is 0 Å². The second-order valence-corrected chi connectivity index (χ2v) is 5.61. The molecule has 5 nitrogen and oxygen atoms in total. The number of nitrogens with zero attached hydrogens (tertiary/aromatic N) is 1. The zero-order chi connectivity index (χ0) is 14.7. The summed E-state index contributed by atoms with van der Waals surface area (Å²) < 4.78 is 0. The minimum Gasteiger partial charge on any atom is -0.349 e. The third-order valence-electron chi connectivity index (χ3n) is 3.35. The lowest BCUT2D eigenvalue weighted by atomic mass is 10.1. The maximum atomic E-state index is 10.7. The SMILES string of the molecule is C[NH+]1CC[C@H](C(=S)Nc2ccc(Cl)cc2)/C1=C\[N+](=O)[O-]. The Balaban J connectivity index is 2.12. The standard InChI is InChI=1S/C13H14ClN3O2S/c1-16-7-6-11(12(16)8-17(18)19)13(20)15-10-4-2-9(14)3-5-10/h2-5,8,11H,6-7H2,1H3,(H,15,20)/p+1/b12-8+/t11-/m0/s1. The number of rotatable bonds is 3. The Labute approximate surface area is 127 Å². The first-order valence-corrected chi connectivity index (χ1v) is 7.00. The molecule has 1 aromatic rings. The summed E-state index contributed by atoms with van der Waals surface area (Å²) in [5.41, 5.74) is 1.56. The van der Waals surface area contributed by atoms with Crippen LogP contribution in [0.25, 0.3) is 0 Å². The molecule has 2 rings (SSSR count). The van der Waals surface area contributed by atoms with Gasteiger partial charge in [0.15, 0.2) is 5.70 Å². The molecule has 1 heterocycles. The Bertz CT molecular complexity index is 559. The van der Waals surface area contributed by atoms with Gasteiger partial charge in [0.25, 0.3) is 6.20 Å². The molecule has 7 heteroatoms. The normalized spacial score (nSPS) is 23.8. The number of anilines is 1. The van der Waals surface area contributed by atoms with Crippen LogP contribution in [0, 0.1) is 16.0 Å². The van der Waals surface area contributed by atoms with E-state index >= 15 is 0 Å². The van der Waals surface area contributed by atoms with Gasteiger partial charge in [-0.3, -0.25) is 10.1 Å². The quantitative estimate of drug-likeness (QED) is 0.507. The monoisotopic (exact) mass is 312 g/mol. The molecule has 0 spiro atoms. The molecule has 1 unspecified atom stereocenters. The summed E-state index contributed by atoms with van der Waals surface area (Å²) >= 11 is 11.2. The average molecular weight is 313 g/mol. The number of likely N-dealkylation sites (tertiary alicyclic amines) is 1. The molecule has 0 radical (unpaired) electrons. The number of hydrogen-bond acceptors (Lipinski definition) is 3. The molecule has 1 fully saturated rings. The smallest absolute Gasteiger partial charge is 0.290 e. The summed E-state index contributed by atoms with van der Waals surface area (Å²) in [6, 6.07) is 7.20. The van der Waals surface area contributed by atoms with E-state index in [2.05, 4.69) is 5.32 Å². The largest absolute Gasteiger partial charge is 0.349 e. The summed E-state index contributed by atoms with van der Waals surface area (Å²) in [6.07, 6.45) is 1.88. The van der Waals surface area contributed by atoms with Gasteiger partial charge in [0, 0.05) is 17.1 Å². The van der Waals surface area contributed by atoms with E-state index in [4.69, 9.17) is 23.8 Å². The first-order valence-electron chi connectivity index (χ1n) is 6.22. The lowest BCUT2D eigenvalue weighted by Crippen LogP contribution is -3.05. The highest BCUT2D eigenvalue weighted by molar-refractivity contribution is 7.80. The fraction of sp³-hybridized carbons (Fsp3) is 0.308. The summed E-state index contributed by atoms with van der Waals surface area (Å²) in [7, 11) is 1.92. The Morgan fingerprint density at radius 2 is 2.20 bits per heavy atom. The van der Waals surface area contributed by atoms with E-state index in [1.807, 2.05) is 19.2 Å². The van der Waals surface area contributed by atoms with Crippen LogP contribution in [-0.4, -0.2) is 23.5 Å². The van der Waals surface area contributed by atoms with Crippen molar-refractivity contribution in [1.82, 2.24) is 0 Å². The van der Waals surface area contributed by atoms with Gasteiger partial charge in [-0.25, -0.2) is 0 Å². The van der Waals surface area contributed by atoms with Crippen molar-refractivity contribution in [2.45, 2.75) is 6.42 Å². The predicted molar refractivity (Wildman–Crippen MR) is 82.6 cm³/mol. The average Bonchev–Trinajstić information content (AvgIpc) is 2.73. The van der Waals surface area contributed by atoms with Crippen molar-refractivity contribution in [3.63, 3.8) is 0 Å². The topological polar surface area (TPSA) is 59.6 Å². The zero-order valence-corrected chi connectivity index (χ0v) is 12.5. The predicted octanol–water partition coefficient (Wildman–Crippen LogP) is 1.73. The van der Waals surface area contributed by atoms with Gasteiger partial charge in [-0.05, 0) is 24.3 Å². The molecule has 1 aliphatic heterocycles. The molecule has 0 aromatic heterocycles. The summed E-state index contributed by atoms with van der Waals surface area (Å²) in [6.45, 7) is 0.840. The van der Waals surface area contributed by atoms with Crippen molar-refractivity contribution < 1.29 is 9.82 Å². The molecule has 20 heavy (non-hydrogen) atoms. The van der Waals surface area contributed by atoms with E-state index in [0.29, 0.717) is 10.0 Å². The van der Waals surface area contributed by atoms with Gasteiger partial charge >= 0.3 is 0 Å². The summed E-state index contributed by atoms with van der Waals surface area (Å²) in [5.74, 6) is -0.0916. The first kappa shape index (κ1) is 14.9. The van der Waals surface area contributed by atoms with Crippen LogP contribution in [0.15, 0.2) is 36.2 Å². The highest BCUT2D eigenvalue weighted by atomic mass is 35.5. The van der Waals surface area contributed by atoms with Gasteiger partial charge in [-0.15, -0.1) is 0 Å². The van der Waals surface area contributed by atoms with Crippen molar-refractivity contribution in [1.29, 1.82) is 0 Å². The number of thiocarbonyl (C=S) groups is 1. The molecule has 1 aromatic carbocycles. The molecule has 1 aliphatic rings. The van der Waals surface area contributed by atoms with Gasteiger partial charge in [0.1, 0.15) is 0 Å². The number of quaternary nitrogens is 1.